The first-order chi connectivity index (χ1) is 12.6. The molecule has 1 heterocycles. The number of carbonyl (C=O) groups excluding carboxylic acids is 3. The van der Waals surface area contributed by atoms with Gasteiger partial charge in [0.1, 0.15) is 12.1 Å². The predicted octanol–water partition coefficient (Wildman–Crippen LogP) is 2.69. The fourth-order valence-electron chi connectivity index (χ4n) is 2.74. The number of imide groups is 1. The van der Waals surface area contributed by atoms with Gasteiger partial charge >= 0.3 is 6.03 Å². The maximum atomic E-state index is 12.8. The molecule has 1 aliphatic rings. The Morgan fingerprint density at radius 3 is 2.67 bits per heavy atom. The standard InChI is InChI=1S/C18H23Cl2N3O4/c1-11(2)27-8-4-7-21-15(24)10-23-16(25)18(3,22-17(23)26)13-6-5-12(19)9-14(13)20/h5-6,9,11H,4,7-8,10H2,1-3H3,(H,21,24)(H,22,26)/t18-/m0/s1. The zero-order chi connectivity index (χ0) is 20.2. The fourth-order valence-corrected chi connectivity index (χ4v) is 3.33. The maximum Gasteiger partial charge on any atom is 0.325 e. The molecule has 4 amide bonds. The number of urea groups is 1. The number of nitrogens with zero attached hydrogens (tertiary/aromatic N) is 1. The number of rotatable bonds is 8. The van der Waals surface area contributed by atoms with Crippen molar-refractivity contribution in [2.45, 2.75) is 38.8 Å². The zero-order valence-electron chi connectivity index (χ0n) is 15.5. The Hall–Kier alpha value is -1.83. The van der Waals surface area contributed by atoms with Crippen LogP contribution in [0.5, 0.6) is 0 Å². The van der Waals surface area contributed by atoms with Gasteiger partial charge in [-0.15, -0.1) is 0 Å². The Labute approximate surface area is 168 Å². The molecule has 0 spiro atoms. The second-order valence-corrected chi connectivity index (χ2v) is 7.54. The minimum atomic E-state index is -1.36. The Bertz CT molecular complexity index is 741. The smallest absolute Gasteiger partial charge is 0.325 e. The van der Waals surface area contributed by atoms with E-state index in [-0.39, 0.29) is 17.7 Å². The third-order valence-corrected chi connectivity index (χ3v) is 4.69. The molecule has 0 radical (unpaired) electrons. The van der Waals surface area contributed by atoms with Gasteiger partial charge in [0.25, 0.3) is 5.91 Å². The fraction of sp³-hybridized carbons (Fsp3) is 0.500. The van der Waals surface area contributed by atoms with E-state index in [1.54, 1.807) is 19.1 Å². The van der Waals surface area contributed by atoms with Crippen LogP contribution >= 0.6 is 23.2 Å². The molecule has 0 aliphatic carbocycles. The van der Waals surface area contributed by atoms with E-state index in [4.69, 9.17) is 27.9 Å². The number of nitrogens with one attached hydrogen (secondary N) is 2. The molecule has 1 atom stereocenters. The third-order valence-electron chi connectivity index (χ3n) is 4.14. The molecule has 1 aromatic rings. The summed E-state index contributed by atoms with van der Waals surface area (Å²) in [5.74, 6) is -0.968. The van der Waals surface area contributed by atoms with Crippen molar-refractivity contribution in [3.63, 3.8) is 0 Å². The minimum absolute atomic E-state index is 0.129. The van der Waals surface area contributed by atoms with Crippen LogP contribution in [0, 0.1) is 0 Å². The maximum absolute atomic E-state index is 12.8. The summed E-state index contributed by atoms with van der Waals surface area (Å²) in [6.07, 6.45) is 0.770. The van der Waals surface area contributed by atoms with Gasteiger partial charge in [-0.3, -0.25) is 14.5 Å². The van der Waals surface area contributed by atoms with Crippen molar-refractivity contribution in [2.24, 2.45) is 0 Å². The first-order valence-electron chi connectivity index (χ1n) is 8.63. The van der Waals surface area contributed by atoms with Crippen LogP contribution in [0.3, 0.4) is 0 Å². The summed E-state index contributed by atoms with van der Waals surface area (Å²) < 4.78 is 5.39. The van der Waals surface area contributed by atoms with E-state index in [0.717, 1.165) is 4.90 Å². The highest BCUT2D eigenvalue weighted by atomic mass is 35.5. The topological polar surface area (TPSA) is 87.7 Å². The second-order valence-electron chi connectivity index (χ2n) is 6.69. The molecule has 148 valence electrons. The quantitative estimate of drug-likeness (QED) is 0.504. The SMILES string of the molecule is CC(C)OCCCNC(=O)CN1C(=O)N[C@@](C)(c2ccc(Cl)cc2Cl)C1=O. The van der Waals surface area contributed by atoms with Gasteiger partial charge in [0.15, 0.2) is 0 Å². The molecule has 1 fully saturated rings. The van der Waals surface area contributed by atoms with Crippen molar-refractivity contribution >= 4 is 41.0 Å². The van der Waals surface area contributed by atoms with Crippen LogP contribution in [0.25, 0.3) is 0 Å². The van der Waals surface area contributed by atoms with Crippen molar-refractivity contribution in [3.05, 3.63) is 33.8 Å². The Balaban J connectivity index is 1.98. The van der Waals surface area contributed by atoms with Gasteiger partial charge in [-0.2, -0.15) is 0 Å². The van der Waals surface area contributed by atoms with E-state index < -0.39 is 23.4 Å². The summed E-state index contributed by atoms with van der Waals surface area (Å²) in [4.78, 5) is 38.0. The van der Waals surface area contributed by atoms with E-state index in [1.807, 2.05) is 13.8 Å². The van der Waals surface area contributed by atoms with E-state index in [1.165, 1.54) is 6.07 Å². The number of carbonyl (C=O) groups is 3. The first kappa shape index (κ1) is 21.5. The molecule has 0 unspecified atom stereocenters. The summed E-state index contributed by atoms with van der Waals surface area (Å²) in [7, 11) is 0. The molecule has 9 heteroatoms. The number of ether oxygens (including phenoxy) is 1. The number of halogens is 2. The molecule has 0 saturated carbocycles. The lowest BCUT2D eigenvalue weighted by Gasteiger charge is -2.23. The molecule has 27 heavy (non-hydrogen) atoms. The number of hydrogen-bond acceptors (Lipinski definition) is 4. The van der Waals surface area contributed by atoms with Crippen LogP contribution < -0.4 is 10.6 Å². The highest BCUT2D eigenvalue weighted by Gasteiger charge is 2.50. The van der Waals surface area contributed by atoms with Crippen LogP contribution in [0.2, 0.25) is 10.0 Å². The van der Waals surface area contributed by atoms with Crippen molar-refractivity contribution in [3.8, 4) is 0 Å². The molecule has 1 aromatic carbocycles. The Kier molecular flexibility index (Phi) is 7.08. The highest BCUT2D eigenvalue weighted by molar-refractivity contribution is 6.35. The highest BCUT2D eigenvalue weighted by Crippen LogP contribution is 2.34. The van der Waals surface area contributed by atoms with Crippen molar-refractivity contribution < 1.29 is 19.1 Å². The summed E-state index contributed by atoms with van der Waals surface area (Å²) in [6.45, 7) is 5.96. The number of benzene rings is 1. The van der Waals surface area contributed by atoms with Gasteiger partial charge in [-0.25, -0.2) is 4.79 Å². The van der Waals surface area contributed by atoms with E-state index in [9.17, 15) is 14.4 Å². The monoisotopic (exact) mass is 415 g/mol. The predicted molar refractivity (Wildman–Crippen MR) is 103 cm³/mol. The minimum Gasteiger partial charge on any atom is -0.379 e. The molecule has 0 bridgehead atoms. The zero-order valence-corrected chi connectivity index (χ0v) is 17.0. The van der Waals surface area contributed by atoms with Gasteiger partial charge < -0.3 is 15.4 Å². The lowest BCUT2D eigenvalue weighted by molar-refractivity contribution is -0.134. The summed E-state index contributed by atoms with van der Waals surface area (Å²) in [6, 6.07) is 4.02. The largest absolute Gasteiger partial charge is 0.379 e. The van der Waals surface area contributed by atoms with Crippen LogP contribution in [0.15, 0.2) is 18.2 Å². The van der Waals surface area contributed by atoms with Crippen LogP contribution in [0.4, 0.5) is 4.79 Å². The van der Waals surface area contributed by atoms with Crippen molar-refractivity contribution in [2.75, 3.05) is 19.7 Å². The van der Waals surface area contributed by atoms with Crippen molar-refractivity contribution in [1.29, 1.82) is 0 Å². The van der Waals surface area contributed by atoms with Crippen LogP contribution in [0.1, 0.15) is 32.8 Å². The molecule has 2 rings (SSSR count). The van der Waals surface area contributed by atoms with Gasteiger partial charge in [0.05, 0.1) is 6.10 Å². The second kappa shape index (κ2) is 8.91. The number of hydrogen-bond donors (Lipinski definition) is 2. The van der Waals surface area contributed by atoms with Crippen LogP contribution in [-0.2, 0) is 19.9 Å². The third kappa shape index (κ3) is 5.12. The molecule has 0 aromatic heterocycles. The molecular formula is C18H23Cl2N3O4. The van der Waals surface area contributed by atoms with E-state index in [2.05, 4.69) is 10.6 Å². The Morgan fingerprint density at radius 2 is 2.04 bits per heavy atom. The lowest BCUT2D eigenvalue weighted by Crippen LogP contribution is -2.43. The molecule has 1 saturated heterocycles. The van der Waals surface area contributed by atoms with E-state index in [0.29, 0.717) is 30.2 Å². The normalized spacial score (nSPS) is 19.6. The Morgan fingerprint density at radius 1 is 1.33 bits per heavy atom. The molecule has 7 nitrogen and oxygen atoms in total. The number of amides is 4. The van der Waals surface area contributed by atoms with Gasteiger partial charge in [-0.1, -0.05) is 29.3 Å². The van der Waals surface area contributed by atoms with Gasteiger partial charge in [-0.05, 0) is 39.3 Å². The summed E-state index contributed by atoms with van der Waals surface area (Å²) >= 11 is 12.1. The first-order valence-corrected chi connectivity index (χ1v) is 9.38. The van der Waals surface area contributed by atoms with Crippen LogP contribution in [-0.4, -0.2) is 48.5 Å². The van der Waals surface area contributed by atoms with E-state index >= 15 is 0 Å². The molecule has 1 aliphatic heterocycles. The average molecular weight is 416 g/mol. The molecular weight excluding hydrogens is 393 g/mol. The summed E-state index contributed by atoms with van der Waals surface area (Å²) in [5.41, 5.74) is -0.940. The average Bonchev–Trinajstić information content (AvgIpc) is 2.78. The summed E-state index contributed by atoms with van der Waals surface area (Å²) in [5, 5.41) is 5.96. The van der Waals surface area contributed by atoms with Crippen molar-refractivity contribution in [1.82, 2.24) is 15.5 Å². The lowest BCUT2D eigenvalue weighted by atomic mass is 9.92. The molecule has 2 N–H and O–H groups in total. The van der Waals surface area contributed by atoms with Gasteiger partial charge in [0, 0.05) is 28.8 Å². The van der Waals surface area contributed by atoms with Gasteiger partial charge in [0.2, 0.25) is 5.91 Å².